The van der Waals surface area contributed by atoms with Gasteiger partial charge in [0.15, 0.2) is 6.04 Å². The molecule has 5 rings (SSSR count). The van der Waals surface area contributed by atoms with E-state index in [1.54, 1.807) is 0 Å². The number of piperazine rings is 1. The zero-order valence-corrected chi connectivity index (χ0v) is 12.9. The Hall–Kier alpha value is -3.15. The first kappa shape index (κ1) is 13.3. The number of H-pyrrole nitrogens is 1. The minimum atomic E-state index is -0.488. The molecule has 1 amide bonds. The van der Waals surface area contributed by atoms with E-state index < -0.39 is 6.04 Å². The van der Waals surface area contributed by atoms with Crippen molar-refractivity contribution in [2.75, 3.05) is 6.54 Å². The normalized spacial score (nSPS) is 19.5. The number of para-hydroxylation sites is 3. The fourth-order valence-electron chi connectivity index (χ4n) is 3.39. The molecule has 0 radical (unpaired) electrons. The maximum Gasteiger partial charge on any atom is 0.251 e. The van der Waals surface area contributed by atoms with Crippen molar-refractivity contribution in [1.82, 2.24) is 20.2 Å². The Bertz CT molecular complexity index is 957. The van der Waals surface area contributed by atoms with Gasteiger partial charge in [-0.1, -0.05) is 30.3 Å². The number of carbonyl (C=O) groups is 1. The highest BCUT2D eigenvalue weighted by Gasteiger charge is 2.38. The number of aromatic nitrogens is 2. The molecule has 2 aliphatic heterocycles. The van der Waals surface area contributed by atoms with Gasteiger partial charge in [0.05, 0.1) is 23.3 Å². The number of carbonyl (C=O) groups excluding carboxylic acids is 1. The fourth-order valence-corrected chi connectivity index (χ4v) is 3.39. The summed E-state index contributed by atoms with van der Waals surface area (Å²) >= 11 is 0. The molecular weight excluding hydrogens is 302 g/mol. The fraction of sp³-hybridized carbons (Fsp3) is 0.167. The minimum absolute atomic E-state index is 0.0487. The molecule has 1 fully saturated rings. The molecule has 0 bridgehead atoms. The molecule has 0 saturated carbocycles. The van der Waals surface area contributed by atoms with Crippen molar-refractivity contribution < 1.29 is 4.79 Å². The lowest BCUT2D eigenvalue weighted by Gasteiger charge is -2.39. The second-order valence-corrected chi connectivity index (χ2v) is 6.04. The van der Waals surface area contributed by atoms with E-state index in [4.69, 9.17) is 4.99 Å². The van der Waals surface area contributed by atoms with E-state index >= 15 is 0 Å². The molecule has 2 aromatic carbocycles. The average Bonchev–Trinajstić information content (AvgIpc) is 3.03. The summed E-state index contributed by atoms with van der Waals surface area (Å²) in [6.07, 6.45) is 0. The van der Waals surface area contributed by atoms with Crippen LogP contribution in [0.15, 0.2) is 53.5 Å². The zero-order valence-electron chi connectivity index (χ0n) is 12.9. The highest BCUT2D eigenvalue weighted by Crippen LogP contribution is 2.33. The van der Waals surface area contributed by atoms with Crippen LogP contribution in [0.2, 0.25) is 0 Å². The number of rotatable bonds is 1. The lowest BCUT2D eigenvalue weighted by Crippen LogP contribution is -2.54. The third kappa shape index (κ3) is 1.93. The Morgan fingerprint density at radius 2 is 1.92 bits per heavy atom. The molecular formula is C18H15N5O. The lowest BCUT2D eigenvalue weighted by molar-refractivity contribution is -0.126. The summed E-state index contributed by atoms with van der Waals surface area (Å²) in [5.74, 6) is 1.48. The van der Waals surface area contributed by atoms with E-state index in [1.807, 2.05) is 47.4 Å². The first-order valence-corrected chi connectivity index (χ1v) is 7.94. The van der Waals surface area contributed by atoms with E-state index in [9.17, 15) is 4.79 Å². The second kappa shape index (κ2) is 4.92. The maximum absolute atomic E-state index is 12.6. The van der Waals surface area contributed by atoms with Crippen molar-refractivity contribution in [1.29, 1.82) is 0 Å². The molecule has 3 aromatic rings. The highest BCUT2D eigenvalue weighted by molar-refractivity contribution is 5.99. The summed E-state index contributed by atoms with van der Waals surface area (Å²) in [5.41, 5.74) is 3.89. The molecule has 24 heavy (non-hydrogen) atoms. The maximum atomic E-state index is 12.6. The van der Waals surface area contributed by atoms with Gasteiger partial charge in [-0.25, -0.2) is 9.98 Å². The minimum Gasteiger partial charge on any atom is -0.347 e. The van der Waals surface area contributed by atoms with Crippen LogP contribution in [-0.2, 0) is 11.3 Å². The van der Waals surface area contributed by atoms with Gasteiger partial charge in [0.25, 0.3) is 5.91 Å². The molecule has 0 aliphatic carbocycles. The summed E-state index contributed by atoms with van der Waals surface area (Å²) in [5, 5.41) is 2.93. The summed E-state index contributed by atoms with van der Waals surface area (Å²) in [4.78, 5) is 27.2. The Balaban J connectivity index is 1.61. The Kier molecular flexibility index (Phi) is 2.73. The zero-order chi connectivity index (χ0) is 16.1. The van der Waals surface area contributed by atoms with Crippen LogP contribution in [0.3, 0.4) is 0 Å². The van der Waals surface area contributed by atoms with Crippen LogP contribution >= 0.6 is 0 Å². The van der Waals surface area contributed by atoms with Crippen molar-refractivity contribution >= 4 is 28.5 Å². The molecule has 6 nitrogen and oxygen atoms in total. The number of aliphatic imine (C=N–C) groups is 1. The van der Waals surface area contributed by atoms with E-state index in [2.05, 4.69) is 21.4 Å². The molecule has 1 unspecified atom stereocenters. The van der Waals surface area contributed by atoms with E-state index in [0.717, 1.165) is 28.1 Å². The van der Waals surface area contributed by atoms with Gasteiger partial charge in [0, 0.05) is 6.54 Å². The summed E-state index contributed by atoms with van der Waals surface area (Å²) in [7, 11) is 0. The van der Waals surface area contributed by atoms with Crippen molar-refractivity contribution in [3.63, 3.8) is 0 Å². The predicted octanol–water partition coefficient (Wildman–Crippen LogP) is 2.28. The first-order valence-electron chi connectivity index (χ1n) is 7.94. The number of hydrogen-bond donors (Lipinski definition) is 2. The average molecular weight is 317 g/mol. The van der Waals surface area contributed by atoms with Gasteiger partial charge in [-0.3, -0.25) is 4.79 Å². The SMILES string of the molecule is O=C1NCC2=Nc3ccccc3CN2C1c1nc2ccccc2[nH]1. The quantitative estimate of drug-likeness (QED) is 0.723. The molecule has 1 saturated heterocycles. The van der Waals surface area contributed by atoms with Gasteiger partial charge in [-0.05, 0) is 23.8 Å². The van der Waals surface area contributed by atoms with Crippen LogP contribution in [0.5, 0.6) is 0 Å². The van der Waals surface area contributed by atoms with Gasteiger partial charge in [0.1, 0.15) is 11.7 Å². The highest BCUT2D eigenvalue weighted by atomic mass is 16.2. The van der Waals surface area contributed by atoms with Crippen molar-refractivity contribution in [3.05, 3.63) is 59.9 Å². The molecule has 0 spiro atoms. The third-order valence-corrected chi connectivity index (χ3v) is 4.56. The Morgan fingerprint density at radius 3 is 2.83 bits per heavy atom. The van der Waals surface area contributed by atoms with Crippen LogP contribution in [-0.4, -0.2) is 33.2 Å². The largest absolute Gasteiger partial charge is 0.347 e. The molecule has 3 heterocycles. The number of benzene rings is 2. The molecule has 1 atom stereocenters. The lowest BCUT2D eigenvalue weighted by atomic mass is 10.1. The third-order valence-electron chi connectivity index (χ3n) is 4.56. The molecule has 2 N–H and O–H groups in total. The number of fused-ring (bicyclic) bond motifs is 3. The number of aromatic amines is 1. The van der Waals surface area contributed by atoms with Gasteiger partial charge < -0.3 is 15.2 Å². The van der Waals surface area contributed by atoms with Crippen LogP contribution in [0.25, 0.3) is 11.0 Å². The number of nitrogens with one attached hydrogen (secondary N) is 2. The van der Waals surface area contributed by atoms with Crippen LogP contribution in [0.4, 0.5) is 5.69 Å². The van der Waals surface area contributed by atoms with Crippen LogP contribution < -0.4 is 5.32 Å². The van der Waals surface area contributed by atoms with Crippen molar-refractivity contribution in [2.45, 2.75) is 12.6 Å². The first-order chi connectivity index (χ1) is 11.8. The van der Waals surface area contributed by atoms with E-state index in [0.29, 0.717) is 18.9 Å². The van der Waals surface area contributed by atoms with Gasteiger partial charge in [-0.15, -0.1) is 0 Å². The van der Waals surface area contributed by atoms with Gasteiger partial charge >= 0.3 is 0 Å². The second-order valence-electron chi connectivity index (χ2n) is 6.04. The molecule has 1 aromatic heterocycles. The molecule has 2 aliphatic rings. The monoisotopic (exact) mass is 317 g/mol. The summed E-state index contributed by atoms with van der Waals surface area (Å²) in [6.45, 7) is 1.11. The number of nitrogens with zero attached hydrogens (tertiary/aromatic N) is 3. The Morgan fingerprint density at radius 1 is 1.08 bits per heavy atom. The molecule has 6 heteroatoms. The number of amides is 1. The smallest absolute Gasteiger partial charge is 0.251 e. The van der Waals surface area contributed by atoms with Crippen molar-refractivity contribution in [2.24, 2.45) is 4.99 Å². The number of amidine groups is 1. The standard InChI is InChI=1S/C18H15N5O/c24-18-16(17-21-13-7-3-4-8-14(13)22-17)23-10-11-5-1-2-6-12(11)20-15(23)9-19-18/h1-8,16H,9-10H2,(H,19,24)(H,21,22). The van der Waals surface area contributed by atoms with E-state index in [-0.39, 0.29) is 5.91 Å². The summed E-state index contributed by atoms with van der Waals surface area (Å²) < 4.78 is 0. The Labute approximate surface area is 138 Å². The summed E-state index contributed by atoms with van der Waals surface area (Å²) in [6, 6.07) is 15.4. The van der Waals surface area contributed by atoms with E-state index in [1.165, 1.54) is 0 Å². The predicted molar refractivity (Wildman–Crippen MR) is 90.9 cm³/mol. The topological polar surface area (TPSA) is 73.4 Å². The molecule has 118 valence electrons. The van der Waals surface area contributed by atoms with Gasteiger partial charge in [-0.2, -0.15) is 0 Å². The van der Waals surface area contributed by atoms with Crippen molar-refractivity contribution in [3.8, 4) is 0 Å². The van der Waals surface area contributed by atoms with Crippen LogP contribution in [0, 0.1) is 0 Å². The number of hydrogen-bond acceptors (Lipinski definition) is 4. The van der Waals surface area contributed by atoms with Gasteiger partial charge in [0.2, 0.25) is 0 Å². The number of imidazole rings is 1. The van der Waals surface area contributed by atoms with Crippen LogP contribution in [0.1, 0.15) is 17.4 Å².